The maximum Gasteiger partial charge on any atom is 0.0449 e. The lowest BCUT2D eigenvalue weighted by molar-refractivity contribution is 0.642. The normalized spacial score (nSPS) is 22.1. The highest BCUT2D eigenvalue weighted by molar-refractivity contribution is 8.00. The van der Waals surface area contributed by atoms with Gasteiger partial charge < -0.3 is 5.73 Å². The number of halogens is 1. The summed E-state index contributed by atoms with van der Waals surface area (Å²) in [5, 5.41) is 1.52. The van der Waals surface area contributed by atoms with E-state index in [1.807, 2.05) is 23.9 Å². The number of hydrogen-bond donors (Lipinski definition) is 1. The van der Waals surface area contributed by atoms with E-state index in [1.165, 1.54) is 10.5 Å². The SMILES string of the molecule is CC(N)CC1Cc2c(Cl)cccc2S1. The minimum atomic E-state index is 0.278. The quantitative estimate of drug-likeness (QED) is 0.841. The molecular formula is C11H14ClNS. The first-order chi connectivity index (χ1) is 6.66. The van der Waals surface area contributed by atoms with Crippen molar-refractivity contribution in [1.29, 1.82) is 0 Å². The Morgan fingerprint density at radius 2 is 2.43 bits per heavy atom. The Balaban J connectivity index is 2.14. The maximum absolute atomic E-state index is 6.13. The molecule has 0 fully saturated rings. The van der Waals surface area contributed by atoms with Gasteiger partial charge in [-0.1, -0.05) is 17.7 Å². The standard InChI is InChI=1S/C11H14ClNS/c1-7(13)5-8-6-9-10(12)3-2-4-11(9)14-8/h2-4,7-8H,5-6,13H2,1H3. The Hall–Kier alpha value is -0.180. The molecule has 1 aromatic carbocycles. The van der Waals surface area contributed by atoms with Crippen LogP contribution in [-0.4, -0.2) is 11.3 Å². The van der Waals surface area contributed by atoms with Gasteiger partial charge in [-0.2, -0.15) is 0 Å². The first kappa shape index (κ1) is 10.3. The summed E-state index contributed by atoms with van der Waals surface area (Å²) in [5.74, 6) is 0. The Labute approximate surface area is 94.0 Å². The zero-order valence-electron chi connectivity index (χ0n) is 8.16. The molecule has 76 valence electrons. The fraction of sp³-hybridized carbons (Fsp3) is 0.455. The smallest absolute Gasteiger partial charge is 0.0449 e. The van der Waals surface area contributed by atoms with Gasteiger partial charge in [-0.25, -0.2) is 0 Å². The fourth-order valence-electron chi connectivity index (χ4n) is 1.84. The lowest BCUT2D eigenvalue weighted by Crippen LogP contribution is -2.20. The maximum atomic E-state index is 6.13. The van der Waals surface area contributed by atoms with Crippen LogP contribution in [0.5, 0.6) is 0 Å². The number of nitrogens with two attached hydrogens (primary N) is 1. The van der Waals surface area contributed by atoms with E-state index in [1.54, 1.807) is 0 Å². The second-order valence-corrected chi connectivity index (χ2v) is 5.62. The number of thioether (sulfide) groups is 1. The first-order valence-corrected chi connectivity index (χ1v) is 6.12. The third-order valence-electron chi connectivity index (χ3n) is 2.44. The van der Waals surface area contributed by atoms with Gasteiger partial charge in [0.05, 0.1) is 0 Å². The van der Waals surface area contributed by atoms with Gasteiger partial charge in [-0.15, -0.1) is 11.8 Å². The molecule has 1 nitrogen and oxygen atoms in total. The van der Waals surface area contributed by atoms with Gasteiger partial charge in [-0.3, -0.25) is 0 Å². The van der Waals surface area contributed by atoms with Gasteiger partial charge in [0.25, 0.3) is 0 Å². The molecular weight excluding hydrogens is 214 g/mol. The van der Waals surface area contributed by atoms with Crippen molar-refractivity contribution in [2.24, 2.45) is 5.73 Å². The van der Waals surface area contributed by atoms with Crippen LogP contribution in [0.25, 0.3) is 0 Å². The molecule has 0 aliphatic carbocycles. The highest BCUT2D eigenvalue weighted by atomic mass is 35.5. The number of benzene rings is 1. The summed E-state index contributed by atoms with van der Waals surface area (Å²) < 4.78 is 0. The Morgan fingerprint density at radius 3 is 3.07 bits per heavy atom. The van der Waals surface area contributed by atoms with Crippen LogP contribution in [0.1, 0.15) is 18.9 Å². The highest BCUT2D eigenvalue weighted by Crippen LogP contribution is 2.41. The molecule has 0 radical (unpaired) electrons. The van der Waals surface area contributed by atoms with Crippen LogP contribution >= 0.6 is 23.4 Å². The Bertz CT molecular complexity index is 338. The van der Waals surface area contributed by atoms with Crippen LogP contribution in [0.2, 0.25) is 5.02 Å². The van der Waals surface area contributed by atoms with Crippen molar-refractivity contribution in [2.75, 3.05) is 0 Å². The van der Waals surface area contributed by atoms with E-state index >= 15 is 0 Å². The molecule has 2 unspecified atom stereocenters. The summed E-state index contributed by atoms with van der Waals surface area (Å²) in [7, 11) is 0. The van der Waals surface area contributed by atoms with Crippen LogP contribution in [0, 0.1) is 0 Å². The molecule has 0 saturated carbocycles. The van der Waals surface area contributed by atoms with Crippen LogP contribution in [0.4, 0.5) is 0 Å². The summed E-state index contributed by atoms with van der Waals surface area (Å²) >= 11 is 8.04. The first-order valence-electron chi connectivity index (χ1n) is 4.86. The third-order valence-corrected chi connectivity index (χ3v) is 4.12. The summed E-state index contributed by atoms with van der Waals surface area (Å²) in [4.78, 5) is 1.34. The molecule has 0 bridgehead atoms. The molecule has 2 N–H and O–H groups in total. The highest BCUT2D eigenvalue weighted by Gasteiger charge is 2.24. The molecule has 0 aromatic heterocycles. The lowest BCUT2D eigenvalue weighted by atomic mass is 10.1. The summed E-state index contributed by atoms with van der Waals surface area (Å²) in [5.41, 5.74) is 7.11. The Morgan fingerprint density at radius 1 is 1.64 bits per heavy atom. The predicted octanol–water partition coefficient (Wildman–Crippen LogP) is 3.09. The minimum Gasteiger partial charge on any atom is -0.328 e. The number of fused-ring (bicyclic) bond motifs is 1. The summed E-state index contributed by atoms with van der Waals surface area (Å²) in [6.45, 7) is 2.06. The molecule has 0 amide bonds. The van der Waals surface area contributed by atoms with Crippen molar-refractivity contribution in [3.05, 3.63) is 28.8 Å². The van der Waals surface area contributed by atoms with Gasteiger partial charge in [0.15, 0.2) is 0 Å². The molecule has 0 spiro atoms. The van der Waals surface area contributed by atoms with Gasteiger partial charge >= 0.3 is 0 Å². The average molecular weight is 228 g/mol. The van der Waals surface area contributed by atoms with E-state index in [4.69, 9.17) is 17.3 Å². The topological polar surface area (TPSA) is 26.0 Å². The monoisotopic (exact) mass is 227 g/mol. The van der Waals surface area contributed by atoms with E-state index in [9.17, 15) is 0 Å². The van der Waals surface area contributed by atoms with Crippen LogP contribution in [0.3, 0.4) is 0 Å². The second kappa shape index (κ2) is 4.13. The molecule has 1 aliphatic rings. The van der Waals surface area contributed by atoms with Gasteiger partial charge in [-0.05, 0) is 37.5 Å². The van der Waals surface area contributed by atoms with Crippen molar-refractivity contribution in [2.45, 2.75) is 36.0 Å². The zero-order chi connectivity index (χ0) is 10.1. The minimum absolute atomic E-state index is 0.278. The second-order valence-electron chi connectivity index (χ2n) is 3.87. The van der Waals surface area contributed by atoms with E-state index in [-0.39, 0.29) is 6.04 Å². The van der Waals surface area contributed by atoms with E-state index in [0.29, 0.717) is 5.25 Å². The van der Waals surface area contributed by atoms with Crippen molar-refractivity contribution in [3.8, 4) is 0 Å². The van der Waals surface area contributed by atoms with Crippen molar-refractivity contribution in [1.82, 2.24) is 0 Å². The van der Waals surface area contributed by atoms with Gasteiger partial charge in [0, 0.05) is 21.2 Å². The summed E-state index contributed by atoms with van der Waals surface area (Å²) in [6.07, 6.45) is 2.14. The molecule has 1 heterocycles. The van der Waals surface area contributed by atoms with Crippen molar-refractivity contribution >= 4 is 23.4 Å². The predicted molar refractivity (Wildman–Crippen MR) is 63.1 cm³/mol. The lowest BCUT2D eigenvalue weighted by Gasteiger charge is -2.10. The largest absolute Gasteiger partial charge is 0.328 e. The fourth-order valence-corrected chi connectivity index (χ4v) is 3.65. The van der Waals surface area contributed by atoms with Crippen LogP contribution < -0.4 is 5.73 Å². The van der Waals surface area contributed by atoms with Crippen molar-refractivity contribution < 1.29 is 0 Å². The molecule has 2 rings (SSSR count). The Kier molecular flexibility index (Phi) is 3.05. The average Bonchev–Trinajstić information content (AvgIpc) is 2.47. The zero-order valence-corrected chi connectivity index (χ0v) is 9.74. The molecule has 2 atom stereocenters. The molecule has 1 aliphatic heterocycles. The third kappa shape index (κ3) is 2.08. The van der Waals surface area contributed by atoms with E-state index in [2.05, 4.69) is 13.0 Å². The summed E-state index contributed by atoms with van der Waals surface area (Å²) in [6, 6.07) is 6.41. The van der Waals surface area contributed by atoms with E-state index < -0.39 is 0 Å². The number of hydrogen-bond acceptors (Lipinski definition) is 2. The van der Waals surface area contributed by atoms with Crippen molar-refractivity contribution in [3.63, 3.8) is 0 Å². The molecule has 0 saturated heterocycles. The van der Waals surface area contributed by atoms with Crippen LogP contribution in [0.15, 0.2) is 23.1 Å². The van der Waals surface area contributed by atoms with Gasteiger partial charge in [0.1, 0.15) is 0 Å². The van der Waals surface area contributed by atoms with Gasteiger partial charge in [0.2, 0.25) is 0 Å². The molecule has 1 aromatic rings. The van der Waals surface area contributed by atoms with Crippen LogP contribution in [-0.2, 0) is 6.42 Å². The molecule has 3 heteroatoms. The molecule has 14 heavy (non-hydrogen) atoms. The number of rotatable bonds is 2. The van der Waals surface area contributed by atoms with E-state index in [0.717, 1.165) is 17.9 Å².